The van der Waals surface area contributed by atoms with Crippen LogP contribution in [0.2, 0.25) is 0 Å². The lowest BCUT2D eigenvalue weighted by Gasteiger charge is -2.04. The Labute approximate surface area is 190 Å². The summed E-state index contributed by atoms with van der Waals surface area (Å²) in [4.78, 5) is 4.38. The van der Waals surface area contributed by atoms with Gasteiger partial charge in [-0.1, -0.05) is 37.6 Å². The highest BCUT2D eigenvalue weighted by molar-refractivity contribution is 5.69. The number of halogens is 2. The van der Waals surface area contributed by atoms with Crippen LogP contribution in [0.5, 0.6) is 0 Å². The summed E-state index contributed by atoms with van der Waals surface area (Å²) in [6, 6.07) is 10.4. The predicted octanol–water partition coefficient (Wildman–Crippen LogP) is 6.38. The van der Waals surface area contributed by atoms with E-state index in [1.807, 2.05) is 12.3 Å². The van der Waals surface area contributed by atoms with Crippen molar-refractivity contribution in [3.05, 3.63) is 71.1 Å². The molecule has 1 fully saturated rings. The fourth-order valence-electron chi connectivity index (χ4n) is 3.38. The summed E-state index contributed by atoms with van der Waals surface area (Å²) in [6.45, 7) is 12.8. The standard InChI is InChI=1S/C13H15F2N.C11H15N.C2H4N2/c1-9-12-7-10(3-2-4-13(14)15)5-6-11(12)8-16-9;1-9-2-6-11(12-8-9)7-5-10-3-4-10;1-3-4-2/h5-7,13,16H,1-4,8H2;2,6,8,10H,3-5,7H2,1H3;1-2H2. The van der Waals surface area contributed by atoms with Crippen molar-refractivity contribution < 1.29 is 8.78 Å². The molecule has 2 aliphatic rings. The predicted molar refractivity (Wildman–Crippen MR) is 130 cm³/mol. The Morgan fingerprint density at radius 2 is 1.88 bits per heavy atom. The molecule has 1 aliphatic carbocycles. The summed E-state index contributed by atoms with van der Waals surface area (Å²) in [5.74, 6) is 1.02. The molecule has 1 N–H and O–H groups in total. The average Bonchev–Trinajstić information content (AvgIpc) is 3.56. The Morgan fingerprint density at radius 1 is 1.12 bits per heavy atom. The van der Waals surface area contributed by atoms with Gasteiger partial charge in [-0.2, -0.15) is 10.2 Å². The monoisotopic (exact) mass is 440 g/mol. The molecule has 1 aliphatic heterocycles. The topological polar surface area (TPSA) is 49.6 Å². The molecule has 0 amide bonds. The van der Waals surface area contributed by atoms with Crippen LogP contribution < -0.4 is 5.32 Å². The number of aromatic nitrogens is 1. The van der Waals surface area contributed by atoms with Gasteiger partial charge >= 0.3 is 0 Å². The van der Waals surface area contributed by atoms with Gasteiger partial charge in [0.2, 0.25) is 6.43 Å². The van der Waals surface area contributed by atoms with Gasteiger partial charge in [0.25, 0.3) is 0 Å². The first-order chi connectivity index (χ1) is 15.4. The molecule has 1 aromatic heterocycles. The number of hydrogen-bond acceptors (Lipinski definition) is 4. The molecule has 4 rings (SSSR count). The van der Waals surface area contributed by atoms with Crippen molar-refractivity contribution in [2.24, 2.45) is 16.1 Å². The van der Waals surface area contributed by atoms with Gasteiger partial charge in [-0.15, -0.1) is 0 Å². The van der Waals surface area contributed by atoms with Crippen LogP contribution >= 0.6 is 0 Å². The van der Waals surface area contributed by atoms with E-state index in [1.165, 1.54) is 42.5 Å². The van der Waals surface area contributed by atoms with Crippen molar-refractivity contribution in [1.82, 2.24) is 10.3 Å². The van der Waals surface area contributed by atoms with Crippen LogP contribution in [-0.4, -0.2) is 24.8 Å². The zero-order chi connectivity index (χ0) is 23.3. The summed E-state index contributed by atoms with van der Waals surface area (Å²) in [6.07, 6.45) is 6.42. The van der Waals surface area contributed by atoms with E-state index in [4.69, 9.17) is 0 Å². The molecule has 2 aromatic rings. The van der Waals surface area contributed by atoms with Crippen molar-refractivity contribution in [2.75, 3.05) is 0 Å². The van der Waals surface area contributed by atoms with E-state index in [0.717, 1.165) is 29.3 Å². The first-order valence-electron chi connectivity index (χ1n) is 11.1. The van der Waals surface area contributed by atoms with E-state index in [1.54, 1.807) is 0 Å². The molecular weight excluding hydrogens is 406 g/mol. The van der Waals surface area contributed by atoms with Crippen LogP contribution in [0.25, 0.3) is 5.70 Å². The number of rotatable bonds is 8. The Morgan fingerprint density at radius 3 is 2.47 bits per heavy atom. The second-order valence-electron chi connectivity index (χ2n) is 8.20. The van der Waals surface area contributed by atoms with Crippen LogP contribution in [0.15, 0.2) is 53.3 Å². The number of nitrogens with zero attached hydrogens (tertiary/aromatic N) is 3. The number of pyridine rings is 1. The number of fused-ring (bicyclic) bond motifs is 1. The zero-order valence-electron chi connectivity index (χ0n) is 19.0. The minimum atomic E-state index is -2.19. The van der Waals surface area contributed by atoms with Crippen LogP contribution in [0.4, 0.5) is 8.78 Å². The minimum absolute atomic E-state index is 0.0176. The molecule has 0 radical (unpaired) electrons. The fraction of sp³-hybridized carbons (Fsp3) is 0.423. The third-order valence-electron chi connectivity index (χ3n) is 5.46. The SMILES string of the molecule is C=C1NCc2ccc(CCCC(F)F)cc21.C=NN=C.Cc1ccc(CCC2CC2)nc1. The Bertz CT molecular complexity index is 868. The number of benzene rings is 1. The normalized spacial score (nSPS) is 13.8. The van der Waals surface area contributed by atoms with Crippen molar-refractivity contribution >= 4 is 19.1 Å². The quantitative estimate of drug-likeness (QED) is 0.382. The zero-order valence-corrected chi connectivity index (χ0v) is 19.0. The first kappa shape index (κ1) is 25.4. The fourth-order valence-corrected chi connectivity index (χ4v) is 3.38. The lowest BCUT2D eigenvalue weighted by Crippen LogP contribution is -1.98. The van der Waals surface area contributed by atoms with Gasteiger partial charge in [0, 0.05) is 49.6 Å². The largest absolute Gasteiger partial charge is 0.381 e. The maximum absolute atomic E-state index is 12.0. The molecule has 0 spiro atoms. The Hall–Kier alpha value is -2.89. The van der Waals surface area contributed by atoms with Crippen molar-refractivity contribution in [3.63, 3.8) is 0 Å². The smallest absolute Gasteiger partial charge is 0.238 e. The summed E-state index contributed by atoms with van der Waals surface area (Å²) in [5, 5.41) is 9.17. The van der Waals surface area contributed by atoms with Gasteiger partial charge in [-0.05, 0) is 67.3 Å². The second-order valence-corrected chi connectivity index (χ2v) is 8.20. The Kier molecular flexibility index (Phi) is 10.7. The van der Waals surface area contributed by atoms with E-state index in [0.29, 0.717) is 12.8 Å². The number of hydrogen-bond donors (Lipinski definition) is 1. The highest BCUT2D eigenvalue weighted by atomic mass is 19.3. The number of nitrogens with one attached hydrogen (secondary N) is 1. The van der Waals surface area contributed by atoms with Crippen LogP contribution in [-0.2, 0) is 19.4 Å². The lowest BCUT2D eigenvalue weighted by atomic mass is 10.0. The Balaban J connectivity index is 0.000000200. The van der Waals surface area contributed by atoms with Gasteiger partial charge < -0.3 is 5.32 Å². The molecule has 2 heterocycles. The van der Waals surface area contributed by atoms with E-state index in [2.05, 4.69) is 71.7 Å². The molecule has 0 saturated heterocycles. The summed E-state index contributed by atoms with van der Waals surface area (Å²) in [7, 11) is 0. The maximum Gasteiger partial charge on any atom is 0.238 e. The van der Waals surface area contributed by atoms with Crippen molar-refractivity contribution in [1.29, 1.82) is 0 Å². The molecule has 0 unspecified atom stereocenters. The number of alkyl halides is 2. The van der Waals surface area contributed by atoms with E-state index >= 15 is 0 Å². The van der Waals surface area contributed by atoms with Gasteiger partial charge in [0.1, 0.15) is 0 Å². The van der Waals surface area contributed by atoms with E-state index in [9.17, 15) is 8.78 Å². The van der Waals surface area contributed by atoms with Crippen LogP contribution in [0.3, 0.4) is 0 Å². The van der Waals surface area contributed by atoms with Gasteiger partial charge in [0.15, 0.2) is 0 Å². The summed E-state index contributed by atoms with van der Waals surface area (Å²) >= 11 is 0. The molecule has 172 valence electrons. The van der Waals surface area contributed by atoms with E-state index < -0.39 is 6.43 Å². The first-order valence-corrected chi connectivity index (χ1v) is 11.1. The molecule has 6 heteroatoms. The van der Waals surface area contributed by atoms with Crippen molar-refractivity contribution in [3.8, 4) is 0 Å². The molecule has 1 saturated carbocycles. The van der Waals surface area contributed by atoms with Gasteiger partial charge in [0.05, 0.1) is 0 Å². The summed E-state index contributed by atoms with van der Waals surface area (Å²) in [5.41, 5.74) is 6.93. The average molecular weight is 441 g/mol. The molecule has 4 nitrogen and oxygen atoms in total. The number of aryl methyl sites for hydroxylation is 3. The van der Waals surface area contributed by atoms with E-state index in [-0.39, 0.29) is 6.42 Å². The van der Waals surface area contributed by atoms with Crippen LogP contribution in [0, 0.1) is 12.8 Å². The lowest BCUT2D eigenvalue weighted by molar-refractivity contribution is 0.135. The van der Waals surface area contributed by atoms with Gasteiger partial charge in [-0.3, -0.25) is 4.98 Å². The summed E-state index contributed by atoms with van der Waals surface area (Å²) < 4.78 is 24.0. The van der Waals surface area contributed by atoms with Crippen molar-refractivity contribution in [2.45, 2.75) is 64.8 Å². The molecule has 1 aromatic carbocycles. The third-order valence-corrected chi connectivity index (χ3v) is 5.46. The maximum atomic E-state index is 12.0. The van der Waals surface area contributed by atoms with Crippen LogP contribution in [0.1, 0.15) is 60.1 Å². The molecule has 0 bridgehead atoms. The van der Waals surface area contributed by atoms with Gasteiger partial charge in [-0.25, -0.2) is 8.78 Å². The molecule has 32 heavy (non-hydrogen) atoms. The highest BCUT2D eigenvalue weighted by Crippen LogP contribution is 2.33. The minimum Gasteiger partial charge on any atom is -0.381 e. The third kappa shape index (κ3) is 9.50. The second kappa shape index (κ2) is 13.5. The molecule has 0 atom stereocenters. The molecular formula is C26H34F2N4. The highest BCUT2D eigenvalue weighted by Gasteiger charge is 2.20.